The van der Waals surface area contributed by atoms with Crippen molar-refractivity contribution in [3.8, 4) is 0 Å². The van der Waals surface area contributed by atoms with Crippen LogP contribution in [0.4, 0.5) is 0 Å². The maximum absolute atomic E-state index is 7.12. The largest absolute Gasteiger partial charge is 0.164 e. The van der Waals surface area contributed by atoms with E-state index in [0.29, 0.717) is 5.92 Å². The number of alkyl halides is 1. The molecule has 1 aliphatic carbocycles. The van der Waals surface area contributed by atoms with Gasteiger partial charge in [-0.1, -0.05) is 71.0 Å². The highest BCUT2D eigenvalue weighted by Gasteiger charge is 2.46. The minimum atomic E-state index is -0.234. The molecule has 25 heavy (non-hydrogen) atoms. The zero-order chi connectivity index (χ0) is 18.7. The average molecular weight is 377 g/mol. The van der Waals surface area contributed by atoms with Gasteiger partial charge >= 0.3 is 0 Å². The molecule has 0 aromatic heterocycles. The van der Waals surface area contributed by atoms with Crippen LogP contribution in [0.1, 0.15) is 70.9 Å². The van der Waals surface area contributed by atoms with Gasteiger partial charge in [0.2, 0.25) is 0 Å². The van der Waals surface area contributed by atoms with Crippen molar-refractivity contribution >= 4 is 28.9 Å². The number of hydrogen-bond donors (Lipinski definition) is 0. The van der Waals surface area contributed by atoms with E-state index in [2.05, 4.69) is 77.3 Å². The fraction of sp³-hybridized carbons (Fsp3) is 0.565. The Morgan fingerprint density at radius 3 is 2.32 bits per heavy atom. The van der Waals surface area contributed by atoms with Crippen LogP contribution in [0, 0.1) is 5.41 Å². The summed E-state index contributed by atoms with van der Waals surface area (Å²) >= 11 is 9.04. The molecule has 1 aromatic carbocycles. The van der Waals surface area contributed by atoms with Crippen molar-refractivity contribution in [1.82, 2.24) is 0 Å². The van der Waals surface area contributed by atoms with E-state index in [4.69, 9.17) is 11.6 Å². The maximum atomic E-state index is 7.12. The number of allylic oxidation sites excluding steroid dienone is 4. The third-order valence-electron chi connectivity index (χ3n) is 5.59. The van der Waals surface area contributed by atoms with Crippen molar-refractivity contribution in [2.75, 3.05) is 12.0 Å². The summed E-state index contributed by atoms with van der Waals surface area (Å²) in [5, 5.41) is 0. The van der Waals surface area contributed by atoms with Gasteiger partial charge < -0.3 is 0 Å². The van der Waals surface area contributed by atoms with E-state index in [9.17, 15) is 0 Å². The van der Waals surface area contributed by atoms with Gasteiger partial charge in [-0.2, -0.15) is 11.8 Å². The van der Waals surface area contributed by atoms with Crippen molar-refractivity contribution in [2.24, 2.45) is 5.41 Å². The summed E-state index contributed by atoms with van der Waals surface area (Å²) in [5.41, 5.74) is 5.60. The van der Waals surface area contributed by atoms with Crippen LogP contribution in [0.15, 0.2) is 42.0 Å². The van der Waals surface area contributed by atoms with E-state index < -0.39 is 0 Å². The zero-order valence-electron chi connectivity index (χ0n) is 16.7. The predicted octanol–water partition coefficient (Wildman–Crippen LogP) is 7.69. The van der Waals surface area contributed by atoms with Crippen LogP contribution in [-0.2, 0) is 0 Å². The highest BCUT2D eigenvalue weighted by atomic mass is 35.5. The van der Waals surface area contributed by atoms with Crippen LogP contribution in [-0.4, -0.2) is 16.9 Å². The third-order valence-corrected chi connectivity index (χ3v) is 7.08. The second kappa shape index (κ2) is 8.35. The first-order chi connectivity index (χ1) is 11.8. The molecule has 2 heteroatoms. The first kappa shape index (κ1) is 20.6. The first-order valence-corrected chi connectivity index (χ1v) is 11.3. The molecule has 2 atom stereocenters. The van der Waals surface area contributed by atoms with Crippen molar-refractivity contribution in [3.05, 3.63) is 53.1 Å². The van der Waals surface area contributed by atoms with Gasteiger partial charge in [-0.05, 0) is 53.7 Å². The molecule has 1 aliphatic rings. The Morgan fingerprint density at radius 1 is 1.20 bits per heavy atom. The van der Waals surface area contributed by atoms with Gasteiger partial charge in [0.15, 0.2) is 0 Å². The van der Waals surface area contributed by atoms with Crippen LogP contribution in [0.5, 0.6) is 0 Å². The smallest absolute Gasteiger partial charge is 0.0695 e. The molecule has 0 saturated heterocycles. The Labute approximate surface area is 164 Å². The van der Waals surface area contributed by atoms with Crippen molar-refractivity contribution in [3.63, 3.8) is 0 Å². The molecule has 0 N–H and O–H groups in total. The Kier molecular flexibility index (Phi) is 6.90. The summed E-state index contributed by atoms with van der Waals surface area (Å²) in [7, 11) is 0. The molecule has 0 amide bonds. The monoisotopic (exact) mass is 376 g/mol. The van der Waals surface area contributed by atoms with E-state index >= 15 is 0 Å². The first-order valence-electron chi connectivity index (χ1n) is 9.52. The van der Waals surface area contributed by atoms with Crippen LogP contribution in [0.25, 0.3) is 5.57 Å². The maximum Gasteiger partial charge on any atom is 0.0695 e. The molecular weight excluding hydrogens is 344 g/mol. The van der Waals surface area contributed by atoms with Crippen LogP contribution >= 0.6 is 23.4 Å². The minimum absolute atomic E-state index is 0.00914. The van der Waals surface area contributed by atoms with E-state index in [-0.39, 0.29) is 10.3 Å². The van der Waals surface area contributed by atoms with Gasteiger partial charge in [0.05, 0.1) is 4.87 Å². The molecule has 2 rings (SSSR count). The molecular formula is C23H33ClS. The van der Waals surface area contributed by atoms with E-state index in [1.165, 1.54) is 22.3 Å². The fourth-order valence-electron chi connectivity index (χ4n) is 4.11. The summed E-state index contributed by atoms with van der Waals surface area (Å²) in [6.45, 7) is 11.3. The van der Waals surface area contributed by atoms with E-state index in [1.807, 2.05) is 11.8 Å². The lowest BCUT2D eigenvalue weighted by Gasteiger charge is -2.46. The summed E-state index contributed by atoms with van der Waals surface area (Å²) in [5.74, 6) is 1.63. The van der Waals surface area contributed by atoms with Crippen molar-refractivity contribution in [2.45, 2.75) is 64.7 Å². The Hall–Kier alpha value is -0.660. The average Bonchev–Trinajstić information content (AvgIpc) is 2.59. The summed E-state index contributed by atoms with van der Waals surface area (Å²) < 4.78 is 0. The Morgan fingerprint density at radius 2 is 1.84 bits per heavy atom. The lowest BCUT2D eigenvalue weighted by Crippen LogP contribution is -2.40. The van der Waals surface area contributed by atoms with Crippen molar-refractivity contribution in [1.29, 1.82) is 0 Å². The van der Waals surface area contributed by atoms with E-state index in [0.717, 1.165) is 25.0 Å². The van der Waals surface area contributed by atoms with E-state index in [1.54, 1.807) is 0 Å². The van der Waals surface area contributed by atoms with Gasteiger partial charge in [0, 0.05) is 11.2 Å². The molecule has 0 nitrogen and oxygen atoms in total. The Balaban J connectivity index is 2.57. The summed E-state index contributed by atoms with van der Waals surface area (Å²) in [6, 6.07) is 9.17. The molecule has 0 spiro atoms. The third kappa shape index (κ3) is 4.03. The SMILES string of the molecule is CC/C=C1\C(Cl)(CC)CC=C(c2ccc(C(C)C)cc2)C1(C)CSC. The molecule has 0 aliphatic heterocycles. The predicted molar refractivity (Wildman–Crippen MR) is 117 cm³/mol. The van der Waals surface area contributed by atoms with Crippen LogP contribution < -0.4 is 0 Å². The van der Waals surface area contributed by atoms with Crippen LogP contribution in [0.2, 0.25) is 0 Å². The zero-order valence-corrected chi connectivity index (χ0v) is 18.2. The number of benzene rings is 1. The molecule has 138 valence electrons. The molecule has 0 fully saturated rings. The fourth-order valence-corrected chi connectivity index (χ4v) is 5.37. The van der Waals surface area contributed by atoms with Gasteiger partial charge in [-0.3, -0.25) is 0 Å². The topological polar surface area (TPSA) is 0 Å². The second-order valence-corrected chi connectivity index (χ2v) is 9.30. The molecule has 0 radical (unpaired) electrons. The minimum Gasteiger partial charge on any atom is -0.164 e. The van der Waals surface area contributed by atoms with Gasteiger partial charge in [-0.25, -0.2) is 0 Å². The number of halogens is 1. The van der Waals surface area contributed by atoms with Crippen molar-refractivity contribution < 1.29 is 0 Å². The summed E-state index contributed by atoms with van der Waals surface area (Å²) in [4.78, 5) is -0.234. The molecule has 0 saturated carbocycles. The molecule has 0 bridgehead atoms. The highest BCUT2D eigenvalue weighted by Crippen LogP contribution is 2.55. The standard InChI is InChI=1S/C23H33ClS/c1-7-9-21-22(5,16-25-6)20(14-15-23(21,24)8-2)19-12-10-18(11-13-19)17(3)4/h9-14,17H,7-8,15-16H2,1-6H3/b21-9-. The van der Waals surface area contributed by atoms with Gasteiger partial charge in [0.25, 0.3) is 0 Å². The number of hydrogen-bond acceptors (Lipinski definition) is 1. The molecule has 0 heterocycles. The lowest BCUT2D eigenvalue weighted by molar-refractivity contribution is 0.476. The van der Waals surface area contributed by atoms with Crippen LogP contribution in [0.3, 0.4) is 0 Å². The quantitative estimate of drug-likeness (QED) is 0.362. The van der Waals surface area contributed by atoms with Gasteiger partial charge in [-0.15, -0.1) is 11.6 Å². The normalized spacial score (nSPS) is 28.5. The number of rotatable bonds is 6. The summed E-state index contributed by atoms with van der Waals surface area (Å²) in [6.07, 6.45) is 9.92. The highest BCUT2D eigenvalue weighted by molar-refractivity contribution is 7.98. The Bertz CT molecular complexity index is 641. The lowest BCUT2D eigenvalue weighted by atomic mass is 9.64. The molecule has 2 unspecified atom stereocenters. The number of thioether (sulfide) groups is 1. The second-order valence-electron chi connectivity index (χ2n) is 7.71. The molecule has 1 aromatic rings. The van der Waals surface area contributed by atoms with Gasteiger partial charge in [0.1, 0.15) is 0 Å².